The zero-order valence-corrected chi connectivity index (χ0v) is 21.1. The van der Waals surface area contributed by atoms with E-state index in [1.807, 2.05) is 48.5 Å². The van der Waals surface area contributed by atoms with E-state index in [4.69, 9.17) is 4.42 Å². The van der Waals surface area contributed by atoms with Crippen LogP contribution in [0.5, 0.6) is 0 Å². The molecule has 6 rings (SSSR count). The van der Waals surface area contributed by atoms with E-state index in [0.29, 0.717) is 16.6 Å². The zero-order valence-electron chi connectivity index (χ0n) is 18.6. The molecule has 2 aromatic carbocycles. The number of nitrogens with one attached hydrogen (secondary N) is 1. The van der Waals surface area contributed by atoms with Crippen molar-refractivity contribution in [1.82, 2.24) is 24.2 Å². The standard InChI is InChI=1S/C23H21N5O4S3/c1-35(30,31)20(21-26-25-19(32-21)12-17-23(29)28(34-27-17)15-8-9-15)22-24-16-10-7-14(11-18(16)33-22)13-5-3-2-4-6-13/h2-7,10-11,15,17,20,27H,8-9,12H2,1H3/t17-,20?/m0/s1. The van der Waals surface area contributed by atoms with Gasteiger partial charge in [0.2, 0.25) is 11.8 Å². The van der Waals surface area contributed by atoms with Gasteiger partial charge >= 0.3 is 0 Å². The molecule has 12 heteroatoms. The fourth-order valence-electron chi connectivity index (χ4n) is 4.03. The Labute approximate surface area is 210 Å². The highest BCUT2D eigenvalue weighted by molar-refractivity contribution is 7.96. The lowest BCUT2D eigenvalue weighted by atomic mass is 10.1. The van der Waals surface area contributed by atoms with Crippen molar-refractivity contribution in [2.75, 3.05) is 6.26 Å². The normalized spacial score (nSPS) is 19.5. The highest BCUT2D eigenvalue weighted by atomic mass is 32.2. The summed E-state index contributed by atoms with van der Waals surface area (Å²) in [5, 5.41) is 7.28. The average molecular weight is 528 g/mol. The van der Waals surface area contributed by atoms with Crippen LogP contribution < -0.4 is 4.72 Å². The van der Waals surface area contributed by atoms with Gasteiger partial charge in [0, 0.05) is 24.4 Å². The lowest BCUT2D eigenvalue weighted by Crippen LogP contribution is -2.33. The molecule has 0 spiro atoms. The monoisotopic (exact) mass is 527 g/mol. The minimum atomic E-state index is -3.66. The molecule has 180 valence electrons. The molecule has 0 bridgehead atoms. The second-order valence-electron chi connectivity index (χ2n) is 8.71. The summed E-state index contributed by atoms with van der Waals surface area (Å²) in [5.74, 6) is 0.157. The number of rotatable bonds is 7. The van der Waals surface area contributed by atoms with E-state index in [0.717, 1.165) is 34.9 Å². The van der Waals surface area contributed by atoms with Gasteiger partial charge in [-0.15, -0.1) is 21.5 Å². The molecule has 2 aromatic heterocycles. The Kier molecular flexibility index (Phi) is 5.63. The Morgan fingerprint density at radius 3 is 2.69 bits per heavy atom. The first-order valence-corrected chi connectivity index (χ1v) is 14.6. The molecule has 35 heavy (non-hydrogen) atoms. The molecule has 1 unspecified atom stereocenters. The van der Waals surface area contributed by atoms with Gasteiger partial charge in [-0.25, -0.2) is 18.1 Å². The Morgan fingerprint density at radius 1 is 1.14 bits per heavy atom. The number of fused-ring (bicyclic) bond motifs is 1. The maximum Gasteiger partial charge on any atom is 0.252 e. The molecule has 3 heterocycles. The number of benzene rings is 2. The van der Waals surface area contributed by atoms with Crippen molar-refractivity contribution in [3.8, 4) is 11.1 Å². The number of amides is 1. The van der Waals surface area contributed by atoms with E-state index in [1.165, 1.54) is 23.5 Å². The van der Waals surface area contributed by atoms with E-state index in [9.17, 15) is 13.2 Å². The zero-order chi connectivity index (χ0) is 24.2. The topological polar surface area (TPSA) is 118 Å². The summed E-state index contributed by atoms with van der Waals surface area (Å²) in [4.78, 5) is 17.2. The van der Waals surface area contributed by atoms with Crippen molar-refractivity contribution in [2.45, 2.75) is 36.6 Å². The molecule has 9 nitrogen and oxygen atoms in total. The molecule has 1 amide bonds. The van der Waals surface area contributed by atoms with Crippen molar-refractivity contribution in [3.63, 3.8) is 0 Å². The van der Waals surface area contributed by atoms with Crippen LogP contribution in [0.2, 0.25) is 0 Å². The number of carbonyl (C=O) groups excluding carboxylic acids is 1. The summed E-state index contributed by atoms with van der Waals surface area (Å²) in [7, 11) is -3.66. The minimum Gasteiger partial charge on any atom is -0.423 e. The van der Waals surface area contributed by atoms with Crippen molar-refractivity contribution < 1.29 is 17.6 Å². The molecule has 2 fully saturated rings. The summed E-state index contributed by atoms with van der Waals surface area (Å²) in [6.07, 6.45) is 3.36. The molecule has 1 saturated heterocycles. The van der Waals surface area contributed by atoms with Gasteiger partial charge < -0.3 is 4.42 Å². The molecule has 1 saturated carbocycles. The number of hydrogen-bond donors (Lipinski definition) is 1. The van der Waals surface area contributed by atoms with E-state index < -0.39 is 21.1 Å². The number of nitrogens with zero attached hydrogens (tertiary/aromatic N) is 4. The van der Waals surface area contributed by atoms with Crippen LogP contribution in [0.3, 0.4) is 0 Å². The highest BCUT2D eigenvalue weighted by Crippen LogP contribution is 2.37. The second-order valence-corrected chi connectivity index (χ2v) is 12.7. The third-order valence-electron chi connectivity index (χ3n) is 5.94. The van der Waals surface area contributed by atoms with Crippen molar-refractivity contribution in [2.24, 2.45) is 0 Å². The first-order valence-electron chi connectivity index (χ1n) is 11.1. The lowest BCUT2D eigenvalue weighted by molar-refractivity contribution is -0.126. The van der Waals surface area contributed by atoms with E-state index in [1.54, 1.807) is 4.31 Å². The van der Waals surface area contributed by atoms with Gasteiger partial charge in [-0.1, -0.05) is 36.4 Å². The molecule has 1 aliphatic heterocycles. The van der Waals surface area contributed by atoms with Crippen LogP contribution in [-0.2, 0) is 21.1 Å². The third kappa shape index (κ3) is 4.46. The fraction of sp³-hybridized carbons (Fsp3) is 0.304. The van der Waals surface area contributed by atoms with Crippen LogP contribution >= 0.6 is 23.5 Å². The van der Waals surface area contributed by atoms with Gasteiger partial charge in [0.15, 0.2) is 15.1 Å². The van der Waals surface area contributed by atoms with Crippen LogP contribution in [0.1, 0.15) is 34.9 Å². The van der Waals surface area contributed by atoms with Crippen LogP contribution in [0.25, 0.3) is 21.3 Å². The predicted molar refractivity (Wildman–Crippen MR) is 134 cm³/mol. The van der Waals surface area contributed by atoms with Gasteiger partial charge in [0.25, 0.3) is 5.91 Å². The maximum atomic E-state index is 12.8. The third-order valence-corrected chi connectivity index (χ3v) is 9.52. The van der Waals surface area contributed by atoms with Crippen LogP contribution in [-0.4, -0.2) is 52.2 Å². The van der Waals surface area contributed by atoms with Gasteiger partial charge in [-0.3, -0.25) is 9.10 Å². The molecule has 1 N–H and O–H groups in total. The van der Waals surface area contributed by atoms with Gasteiger partial charge in [0.1, 0.15) is 11.0 Å². The van der Waals surface area contributed by atoms with Crippen LogP contribution in [0, 0.1) is 0 Å². The maximum absolute atomic E-state index is 12.8. The van der Waals surface area contributed by atoms with Crippen molar-refractivity contribution >= 4 is 49.4 Å². The predicted octanol–water partition coefficient (Wildman–Crippen LogP) is 3.55. The first kappa shape index (κ1) is 22.7. The summed E-state index contributed by atoms with van der Waals surface area (Å²) in [6.45, 7) is 0. The molecule has 2 atom stereocenters. The van der Waals surface area contributed by atoms with Crippen LogP contribution in [0.15, 0.2) is 52.9 Å². The Bertz CT molecular complexity index is 1510. The number of aromatic nitrogens is 3. The number of hydrogen-bond acceptors (Lipinski definition) is 10. The summed E-state index contributed by atoms with van der Waals surface area (Å²) in [6, 6.07) is 15.6. The Hall–Kier alpha value is -2.80. The SMILES string of the molecule is CS(=O)(=O)C(c1nnc(C[C@@H]2NSN(C3CC3)C2=O)o1)c1nc2ccc(-c3ccccc3)cc2s1. The average Bonchev–Trinajstić information content (AvgIpc) is 3.26. The first-order chi connectivity index (χ1) is 16.9. The number of sulfone groups is 1. The largest absolute Gasteiger partial charge is 0.423 e. The smallest absolute Gasteiger partial charge is 0.252 e. The van der Waals surface area contributed by atoms with E-state index >= 15 is 0 Å². The highest BCUT2D eigenvalue weighted by Gasteiger charge is 2.42. The minimum absolute atomic E-state index is 0.0164. The van der Waals surface area contributed by atoms with Gasteiger partial charge in [0.05, 0.1) is 16.6 Å². The van der Waals surface area contributed by atoms with Crippen molar-refractivity contribution in [3.05, 3.63) is 65.3 Å². The lowest BCUT2D eigenvalue weighted by Gasteiger charge is -2.10. The Balaban J connectivity index is 1.28. The van der Waals surface area contributed by atoms with E-state index in [-0.39, 0.29) is 24.1 Å². The molecular formula is C23H21N5O4S3. The molecule has 4 aromatic rings. The van der Waals surface area contributed by atoms with Crippen LogP contribution in [0.4, 0.5) is 0 Å². The number of thiazole rings is 1. The Morgan fingerprint density at radius 2 is 1.94 bits per heavy atom. The van der Waals surface area contributed by atoms with Crippen molar-refractivity contribution in [1.29, 1.82) is 0 Å². The van der Waals surface area contributed by atoms with Gasteiger partial charge in [-0.2, -0.15) is 0 Å². The summed E-state index contributed by atoms with van der Waals surface area (Å²) in [5.41, 5.74) is 2.80. The quantitative estimate of drug-likeness (QED) is 0.360. The van der Waals surface area contributed by atoms with E-state index in [2.05, 4.69) is 19.9 Å². The fourth-order valence-corrected chi connectivity index (χ4v) is 7.56. The number of carbonyl (C=O) groups is 1. The molecule has 0 radical (unpaired) electrons. The summed E-state index contributed by atoms with van der Waals surface area (Å²) < 4.78 is 37.1. The molecular weight excluding hydrogens is 506 g/mol. The summed E-state index contributed by atoms with van der Waals surface area (Å²) >= 11 is 2.60. The molecule has 1 aliphatic carbocycles. The molecule has 2 aliphatic rings. The second kappa shape index (κ2) is 8.70. The van der Waals surface area contributed by atoms with Gasteiger partial charge in [-0.05, 0) is 36.1 Å².